The molecule has 0 aliphatic carbocycles. The van der Waals surface area contributed by atoms with Gasteiger partial charge in [-0.3, -0.25) is 4.79 Å². The van der Waals surface area contributed by atoms with E-state index in [-0.39, 0.29) is 18.9 Å². The number of carbonyl (C=O) groups excluding carboxylic acids is 1. The monoisotopic (exact) mass is 706 g/mol. The van der Waals surface area contributed by atoms with Gasteiger partial charge in [-0.1, -0.05) is 195 Å². The second-order valence-electron chi connectivity index (χ2n) is 13.7. The number of aliphatic hydroxyl groups is 2. The fraction of sp³-hybridized carbons (Fsp3) is 0.638. The highest BCUT2D eigenvalue weighted by molar-refractivity contribution is 5.77. The molecule has 2 unspecified atom stereocenters. The number of hydrogen-bond acceptors (Lipinski definition) is 3. The third-order valence-electron chi connectivity index (χ3n) is 8.81. The van der Waals surface area contributed by atoms with E-state index < -0.39 is 12.1 Å². The molecule has 0 rings (SSSR count). The van der Waals surface area contributed by atoms with Gasteiger partial charge in [0.05, 0.1) is 18.8 Å². The number of rotatable bonds is 36. The van der Waals surface area contributed by atoms with Gasteiger partial charge in [0.15, 0.2) is 0 Å². The van der Waals surface area contributed by atoms with Gasteiger partial charge in [-0.05, 0) is 70.6 Å². The summed E-state index contributed by atoms with van der Waals surface area (Å²) in [5.41, 5.74) is 0. The van der Waals surface area contributed by atoms with Crippen LogP contribution < -0.4 is 5.32 Å². The molecule has 0 aromatic rings. The number of nitrogens with one attached hydrogen (secondary N) is 1. The Morgan fingerprint density at radius 1 is 0.490 bits per heavy atom. The van der Waals surface area contributed by atoms with Crippen molar-refractivity contribution < 1.29 is 15.0 Å². The molecular weight excluding hydrogens is 627 g/mol. The topological polar surface area (TPSA) is 69.6 Å². The Bertz CT molecular complexity index is 983. The lowest BCUT2D eigenvalue weighted by Crippen LogP contribution is -2.44. The number of allylic oxidation sites excluding steroid dienone is 14. The lowest BCUT2D eigenvalue weighted by atomic mass is 10.0. The van der Waals surface area contributed by atoms with Gasteiger partial charge in [0.2, 0.25) is 5.91 Å². The van der Waals surface area contributed by atoms with E-state index >= 15 is 0 Å². The van der Waals surface area contributed by atoms with Gasteiger partial charge >= 0.3 is 0 Å². The van der Waals surface area contributed by atoms with Crippen LogP contribution in [0.1, 0.15) is 174 Å². The Hall–Kier alpha value is -2.69. The summed E-state index contributed by atoms with van der Waals surface area (Å²) in [5.74, 6) is -0.209. The highest BCUT2D eigenvalue weighted by Crippen LogP contribution is 2.13. The minimum atomic E-state index is -0.916. The van der Waals surface area contributed by atoms with Gasteiger partial charge in [-0.2, -0.15) is 0 Å². The smallest absolute Gasteiger partial charge is 0.224 e. The van der Waals surface area contributed by atoms with Crippen molar-refractivity contribution in [2.75, 3.05) is 6.61 Å². The summed E-state index contributed by atoms with van der Waals surface area (Å²) in [7, 11) is 0. The molecule has 1 amide bonds. The van der Waals surface area contributed by atoms with Crippen LogP contribution in [0.5, 0.6) is 0 Å². The van der Waals surface area contributed by atoms with Gasteiger partial charge in [0.1, 0.15) is 0 Å². The zero-order valence-corrected chi connectivity index (χ0v) is 33.1. The zero-order chi connectivity index (χ0) is 37.1. The van der Waals surface area contributed by atoms with Crippen molar-refractivity contribution in [3.63, 3.8) is 0 Å². The first-order chi connectivity index (χ1) is 25.2. The molecule has 4 nitrogen and oxygen atoms in total. The van der Waals surface area contributed by atoms with E-state index in [1.807, 2.05) is 18.2 Å². The molecule has 0 radical (unpaired) electrons. The summed E-state index contributed by atoms with van der Waals surface area (Å²) < 4.78 is 0. The molecule has 0 saturated heterocycles. The fourth-order valence-corrected chi connectivity index (χ4v) is 5.63. The van der Waals surface area contributed by atoms with Crippen LogP contribution in [0.25, 0.3) is 0 Å². The minimum absolute atomic E-state index is 0.209. The van der Waals surface area contributed by atoms with Crippen LogP contribution in [0.4, 0.5) is 0 Å². The quantitative estimate of drug-likeness (QED) is 0.0449. The molecule has 290 valence electrons. The first-order valence-corrected chi connectivity index (χ1v) is 21.0. The van der Waals surface area contributed by atoms with Crippen molar-refractivity contribution in [3.05, 3.63) is 97.2 Å². The molecule has 51 heavy (non-hydrogen) atoms. The Morgan fingerprint density at radius 2 is 0.882 bits per heavy atom. The van der Waals surface area contributed by atoms with E-state index in [0.29, 0.717) is 0 Å². The molecule has 0 heterocycles. The summed E-state index contributed by atoms with van der Waals surface area (Å²) >= 11 is 0. The van der Waals surface area contributed by atoms with Crippen LogP contribution in [0.3, 0.4) is 0 Å². The van der Waals surface area contributed by atoms with Crippen LogP contribution in [-0.4, -0.2) is 34.9 Å². The third-order valence-corrected chi connectivity index (χ3v) is 8.81. The lowest BCUT2D eigenvalue weighted by Gasteiger charge is -2.19. The molecule has 0 bridgehead atoms. The SMILES string of the molecule is CC/C=C\C/C=C\C/C=C\C/C=C\C/C=C\CC(=O)NC(CO)C(O)/C=C/CC/C=C/CC/C=C/CCCCCCCCCCCCCCCC. The van der Waals surface area contributed by atoms with Crippen LogP contribution in [0.15, 0.2) is 97.2 Å². The van der Waals surface area contributed by atoms with Gasteiger partial charge in [-0.25, -0.2) is 0 Å². The van der Waals surface area contributed by atoms with E-state index in [2.05, 4.69) is 92.1 Å². The molecule has 0 fully saturated rings. The molecular formula is C47H79NO3. The Balaban J connectivity index is 3.78. The number of carbonyl (C=O) groups is 1. The van der Waals surface area contributed by atoms with Crippen molar-refractivity contribution in [3.8, 4) is 0 Å². The van der Waals surface area contributed by atoms with Crippen LogP contribution >= 0.6 is 0 Å². The highest BCUT2D eigenvalue weighted by Gasteiger charge is 2.17. The summed E-state index contributed by atoms with van der Waals surface area (Å²) in [4.78, 5) is 12.3. The second kappa shape index (κ2) is 41.7. The molecule has 0 aliphatic rings. The van der Waals surface area contributed by atoms with Crippen molar-refractivity contribution in [1.82, 2.24) is 5.32 Å². The van der Waals surface area contributed by atoms with E-state index in [1.165, 1.54) is 96.3 Å². The number of unbranched alkanes of at least 4 members (excludes halogenated alkanes) is 16. The zero-order valence-electron chi connectivity index (χ0n) is 33.1. The fourth-order valence-electron chi connectivity index (χ4n) is 5.63. The first-order valence-electron chi connectivity index (χ1n) is 21.0. The van der Waals surface area contributed by atoms with Crippen LogP contribution in [-0.2, 0) is 4.79 Å². The Kier molecular flexibility index (Phi) is 39.5. The summed E-state index contributed by atoms with van der Waals surface area (Å²) in [5, 5.41) is 22.8. The third kappa shape index (κ3) is 38.4. The standard InChI is InChI=1S/C47H79NO3/c1-3-5-7-9-11-13-15-17-19-20-21-22-23-24-25-26-27-29-30-32-34-36-38-40-42-46(50)45(44-49)48-47(51)43-41-39-37-35-33-31-28-18-16-14-12-10-8-6-4-2/h6,8,12,14,18,26-28,32-35,39-42,45-46,49-50H,3-5,7,9-11,13,15-17,19-25,29-31,36-38,43-44H2,1-2H3,(H,48,51)/b8-6-,14-12-,27-26+,28-18-,34-32+,35-33-,41-39-,42-40+. The molecule has 0 aromatic heterocycles. The molecule has 0 saturated carbocycles. The van der Waals surface area contributed by atoms with E-state index in [0.717, 1.165) is 57.8 Å². The Morgan fingerprint density at radius 3 is 1.33 bits per heavy atom. The van der Waals surface area contributed by atoms with Crippen molar-refractivity contribution in [2.45, 2.75) is 187 Å². The molecule has 0 spiro atoms. The Labute approximate surface area is 315 Å². The predicted octanol–water partition coefficient (Wildman–Crippen LogP) is 13.1. The van der Waals surface area contributed by atoms with E-state index in [9.17, 15) is 15.0 Å². The average Bonchev–Trinajstić information content (AvgIpc) is 3.13. The number of hydrogen-bond donors (Lipinski definition) is 3. The summed E-state index contributed by atoms with van der Waals surface area (Å²) in [6.07, 6.45) is 62.5. The van der Waals surface area contributed by atoms with Gasteiger partial charge < -0.3 is 15.5 Å². The summed E-state index contributed by atoms with van der Waals surface area (Å²) in [6.45, 7) is 4.12. The normalized spacial score (nSPS) is 14.0. The largest absolute Gasteiger partial charge is 0.394 e. The van der Waals surface area contributed by atoms with Crippen LogP contribution in [0, 0.1) is 0 Å². The predicted molar refractivity (Wildman–Crippen MR) is 225 cm³/mol. The highest BCUT2D eigenvalue weighted by atomic mass is 16.3. The van der Waals surface area contributed by atoms with Crippen molar-refractivity contribution >= 4 is 5.91 Å². The lowest BCUT2D eigenvalue weighted by molar-refractivity contribution is -0.122. The molecule has 3 N–H and O–H groups in total. The van der Waals surface area contributed by atoms with Crippen LogP contribution in [0.2, 0.25) is 0 Å². The van der Waals surface area contributed by atoms with Gasteiger partial charge in [0, 0.05) is 6.42 Å². The second-order valence-corrected chi connectivity index (χ2v) is 13.7. The maximum absolute atomic E-state index is 12.3. The molecule has 2 atom stereocenters. The van der Waals surface area contributed by atoms with E-state index in [1.54, 1.807) is 6.08 Å². The molecule has 0 aliphatic heterocycles. The molecule has 0 aromatic carbocycles. The number of amides is 1. The average molecular weight is 706 g/mol. The number of aliphatic hydroxyl groups excluding tert-OH is 2. The maximum atomic E-state index is 12.3. The summed E-state index contributed by atoms with van der Waals surface area (Å²) in [6, 6.07) is -0.705. The molecule has 4 heteroatoms. The van der Waals surface area contributed by atoms with E-state index in [4.69, 9.17) is 0 Å². The van der Waals surface area contributed by atoms with Gasteiger partial charge in [-0.15, -0.1) is 0 Å². The first kappa shape index (κ1) is 48.3. The van der Waals surface area contributed by atoms with Crippen molar-refractivity contribution in [1.29, 1.82) is 0 Å². The van der Waals surface area contributed by atoms with Crippen molar-refractivity contribution in [2.24, 2.45) is 0 Å². The maximum Gasteiger partial charge on any atom is 0.224 e. The minimum Gasteiger partial charge on any atom is -0.394 e. The van der Waals surface area contributed by atoms with Gasteiger partial charge in [0.25, 0.3) is 0 Å².